The van der Waals surface area contributed by atoms with Gasteiger partial charge in [-0.25, -0.2) is 8.42 Å². The zero-order valence-electron chi connectivity index (χ0n) is 20.2. The second kappa shape index (κ2) is 12.3. The number of rotatable bonds is 12. The summed E-state index contributed by atoms with van der Waals surface area (Å²) < 4.78 is 34.6. The maximum absolute atomic E-state index is 13.2. The Morgan fingerprint density at radius 2 is 1.65 bits per heavy atom. The molecule has 0 unspecified atom stereocenters. The van der Waals surface area contributed by atoms with E-state index in [1.165, 1.54) is 24.3 Å². The first-order valence-electron chi connectivity index (χ1n) is 12.2. The molecule has 0 spiro atoms. The summed E-state index contributed by atoms with van der Waals surface area (Å²) in [5, 5.41) is 22.3. The van der Waals surface area contributed by atoms with Crippen molar-refractivity contribution in [3.63, 3.8) is 0 Å². The van der Waals surface area contributed by atoms with Crippen LogP contribution in [0.15, 0.2) is 84.0 Å². The van der Waals surface area contributed by atoms with Gasteiger partial charge in [0.25, 0.3) is 0 Å². The number of nitrogens with zero attached hydrogens (tertiary/aromatic N) is 1. The molecule has 4 N–H and O–H groups in total. The molecule has 0 radical (unpaired) electrons. The van der Waals surface area contributed by atoms with Crippen LogP contribution in [0.1, 0.15) is 31.2 Å². The molecule has 11 heteroatoms. The third kappa shape index (κ3) is 7.62. The molecule has 9 nitrogen and oxygen atoms in total. The van der Waals surface area contributed by atoms with Crippen molar-refractivity contribution in [2.75, 3.05) is 0 Å². The van der Waals surface area contributed by atoms with Gasteiger partial charge in [-0.1, -0.05) is 49.6 Å². The summed E-state index contributed by atoms with van der Waals surface area (Å²) >= 11 is 0. The number of pyridine rings is 1. The lowest BCUT2D eigenvalue weighted by molar-refractivity contribution is -0.123. The average molecular weight is 523 g/mol. The van der Waals surface area contributed by atoms with Crippen molar-refractivity contribution in [3.05, 3.63) is 84.7 Å². The number of ether oxygens (including phenoxy) is 1. The Labute approximate surface area is 217 Å². The summed E-state index contributed by atoms with van der Waals surface area (Å²) in [6.45, 7) is 0. The highest BCUT2D eigenvalue weighted by Crippen LogP contribution is 2.30. The van der Waals surface area contributed by atoms with Crippen LogP contribution >= 0.6 is 0 Å². The van der Waals surface area contributed by atoms with E-state index in [1.54, 1.807) is 48.8 Å². The van der Waals surface area contributed by atoms with Gasteiger partial charge in [0.15, 0.2) is 0 Å². The largest absolute Gasteiger partial charge is 0.475 e. The van der Waals surface area contributed by atoms with E-state index in [2.05, 4.69) is 15.0 Å². The van der Waals surface area contributed by atoms with Crippen molar-refractivity contribution < 1.29 is 28.0 Å². The fourth-order valence-electron chi connectivity index (χ4n) is 4.15. The van der Waals surface area contributed by atoms with Crippen molar-refractivity contribution in [3.8, 4) is 11.5 Å². The number of amides is 1. The molecular weight excluding hydrogens is 493 g/mol. The number of hydrogen-bond acceptors (Lipinski definition) is 7. The Balaban J connectivity index is 1.49. The second-order valence-electron chi connectivity index (χ2n) is 9.18. The summed E-state index contributed by atoms with van der Waals surface area (Å²) in [5.74, 6) is -0.192. The molecular formula is C26H30BN3O6S. The minimum Gasteiger partial charge on any atom is -0.457 e. The van der Waals surface area contributed by atoms with Crippen LogP contribution in [-0.2, 0) is 21.2 Å². The van der Waals surface area contributed by atoms with Gasteiger partial charge in [0, 0.05) is 12.4 Å². The third-order valence-electron chi connectivity index (χ3n) is 6.42. The monoisotopic (exact) mass is 523 g/mol. The number of hydrogen-bond donors (Lipinski definition) is 4. The van der Waals surface area contributed by atoms with E-state index in [9.17, 15) is 23.3 Å². The van der Waals surface area contributed by atoms with Gasteiger partial charge < -0.3 is 20.1 Å². The lowest BCUT2D eigenvalue weighted by Gasteiger charge is -2.30. The number of carbonyl (C=O) groups is 1. The molecule has 0 aliphatic heterocycles. The van der Waals surface area contributed by atoms with Crippen LogP contribution < -0.4 is 14.8 Å². The van der Waals surface area contributed by atoms with Gasteiger partial charge in [0.1, 0.15) is 17.5 Å². The van der Waals surface area contributed by atoms with Crippen LogP contribution in [0, 0.1) is 5.92 Å². The van der Waals surface area contributed by atoms with Crippen LogP contribution in [0.4, 0.5) is 0 Å². The lowest BCUT2D eigenvalue weighted by Crippen LogP contribution is -2.55. The van der Waals surface area contributed by atoms with Crippen LogP contribution in [0.2, 0.25) is 0 Å². The summed E-state index contributed by atoms with van der Waals surface area (Å²) in [6, 6.07) is 17.1. The van der Waals surface area contributed by atoms with Crippen molar-refractivity contribution in [1.82, 2.24) is 15.0 Å². The van der Waals surface area contributed by atoms with Gasteiger partial charge >= 0.3 is 7.12 Å². The Hall–Kier alpha value is -3.25. The second-order valence-corrected chi connectivity index (χ2v) is 10.9. The maximum atomic E-state index is 13.2. The Bertz CT molecular complexity index is 1260. The molecule has 1 fully saturated rings. The summed E-state index contributed by atoms with van der Waals surface area (Å²) in [5.41, 5.74) is 0.756. The Kier molecular flexibility index (Phi) is 8.93. The normalized spacial score (nSPS) is 15.3. The minimum absolute atomic E-state index is 0.0337. The minimum atomic E-state index is -4.09. The van der Waals surface area contributed by atoms with Crippen molar-refractivity contribution in [2.24, 2.45) is 5.92 Å². The molecule has 37 heavy (non-hydrogen) atoms. The predicted molar refractivity (Wildman–Crippen MR) is 139 cm³/mol. The Morgan fingerprint density at radius 3 is 2.24 bits per heavy atom. The summed E-state index contributed by atoms with van der Waals surface area (Å²) in [7, 11) is -5.83. The van der Waals surface area contributed by atoms with Gasteiger partial charge in [0.05, 0.1) is 10.8 Å². The highest BCUT2D eigenvalue weighted by atomic mass is 32.2. The summed E-state index contributed by atoms with van der Waals surface area (Å²) in [6.07, 6.45) is 6.71. The molecule has 2 atom stereocenters. The highest BCUT2D eigenvalue weighted by Gasteiger charge is 2.34. The molecule has 1 aliphatic carbocycles. The number of nitrogens with one attached hydrogen (secondary N) is 2. The first kappa shape index (κ1) is 26.8. The standard InChI is InChI=1S/C26H30BN3O6S/c31-26(29-25(27(32)33)18-20-7-4-8-20)24(17-19-5-2-1-3-6-19)30-37(34,35)23-11-9-21(10-12-23)36-22-13-15-28-16-14-22/h1-3,5-6,9-16,20,24-25,30,32-33H,4,7-8,17-18H2,(H,29,31)/t24-,25-/m0/s1. The van der Waals surface area contributed by atoms with E-state index in [4.69, 9.17) is 4.74 Å². The highest BCUT2D eigenvalue weighted by molar-refractivity contribution is 7.89. The molecule has 1 heterocycles. The first-order valence-corrected chi connectivity index (χ1v) is 13.7. The average Bonchev–Trinajstić information content (AvgIpc) is 2.86. The number of benzene rings is 2. The fourth-order valence-corrected chi connectivity index (χ4v) is 5.34. The van der Waals surface area contributed by atoms with Crippen molar-refractivity contribution >= 4 is 23.0 Å². The van der Waals surface area contributed by atoms with E-state index >= 15 is 0 Å². The molecule has 1 aliphatic rings. The molecule has 4 rings (SSSR count). The SMILES string of the molecule is O=C(N[C@@H](CC1CCC1)B(O)O)[C@H](Cc1ccccc1)NS(=O)(=O)c1ccc(Oc2ccncc2)cc1. The van der Waals surface area contributed by atoms with E-state index in [-0.39, 0.29) is 11.3 Å². The van der Waals surface area contributed by atoms with Gasteiger partial charge in [-0.3, -0.25) is 9.78 Å². The quantitative estimate of drug-likeness (QED) is 0.268. The molecule has 194 valence electrons. The van der Waals surface area contributed by atoms with Crippen LogP contribution in [0.25, 0.3) is 0 Å². The molecule has 3 aromatic rings. The zero-order chi connectivity index (χ0) is 26.3. The fraction of sp³-hybridized carbons (Fsp3) is 0.308. The molecule has 0 saturated heterocycles. The summed E-state index contributed by atoms with van der Waals surface area (Å²) in [4.78, 5) is 17.1. The van der Waals surface area contributed by atoms with E-state index in [0.717, 1.165) is 24.8 Å². The number of carbonyl (C=O) groups excluding carboxylic acids is 1. The van der Waals surface area contributed by atoms with Gasteiger partial charge in [0.2, 0.25) is 15.9 Å². The van der Waals surface area contributed by atoms with Gasteiger partial charge in [-0.15, -0.1) is 0 Å². The van der Waals surface area contributed by atoms with E-state index < -0.39 is 35.0 Å². The van der Waals surface area contributed by atoms with Crippen molar-refractivity contribution in [2.45, 2.75) is 49.0 Å². The molecule has 1 saturated carbocycles. The first-order chi connectivity index (χ1) is 17.8. The van der Waals surface area contributed by atoms with Crippen molar-refractivity contribution in [1.29, 1.82) is 0 Å². The number of aromatic nitrogens is 1. The third-order valence-corrected chi connectivity index (χ3v) is 7.90. The molecule has 1 aromatic heterocycles. The molecule has 0 bridgehead atoms. The predicted octanol–water partition coefficient (Wildman–Crippen LogP) is 2.45. The van der Waals surface area contributed by atoms with Crippen LogP contribution in [0.5, 0.6) is 11.5 Å². The van der Waals surface area contributed by atoms with E-state index in [0.29, 0.717) is 23.8 Å². The van der Waals surface area contributed by atoms with Crippen LogP contribution in [0.3, 0.4) is 0 Å². The molecule has 2 aromatic carbocycles. The number of sulfonamides is 1. The lowest BCUT2D eigenvalue weighted by atomic mass is 9.69. The van der Waals surface area contributed by atoms with Gasteiger partial charge in [-0.2, -0.15) is 4.72 Å². The smallest absolute Gasteiger partial charge is 0.457 e. The maximum Gasteiger partial charge on any atom is 0.475 e. The zero-order valence-corrected chi connectivity index (χ0v) is 21.0. The van der Waals surface area contributed by atoms with E-state index in [1.807, 2.05) is 6.07 Å². The van der Waals surface area contributed by atoms with Gasteiger partial charge in [-0.05, 0) is 60.7 Å². The molecule has 1 amide bonds. The Morgan fingerprint density at radius 1 is 1.00 bits per heavy atom. The topological polar surface area (TPSA) is 138 Å². The van der Waals surface area contributed by atoms with Crippen LogP contribution in [-0.4, -0.2) is 48.5 Å².